The number of rotatable bonds is 10. The predicted octanol–water partition coefficient (Wildman–Crippen LogP) is 5.10. The molecule has 0 fully saturated rings. The molecule has 0 atom stereocenters. The molecule has 5 heteroatoms. The van der Waals surface area contributed by atoms with Gasteiger partial charge in [-0.3, -0.25) is 4.79 Å². The maximum absolute atomic E-state index is 11.5. The first-order valence-electron chi connectivity index (χ1n) is 7.29. The predicted molar refractivity (Wildman–Crippen MR) is 90.4 cm³/mol. The molecule has 112 valence electrons. The molecule has 0 unspecified atom stereocenters. The highest BCUT2D eigenvalue weighted by molar-refractivity contribution is 9.11. The van der Waals surface area contributed by atoms with Crippen LogP contribution in [0.2, 0.25) is 0 Å². The van der Waals surface area contributed by atoms with Gasteiger partial charge in [0.1, 0.15) is 0 Å². The van der Waals surface area contributed by atoms with Crippen LogP contribution in [0.1, 0.15) is 63.2 Å². The van der Waals surface area contributed by atoms with Crippen molar-refractivity contribution in [2.45, 2.75) is 58.3 Å². The van der Waals surface area contributed by atoms with Gasteiger partial charge in [-0.05, 0) is 34.5 Å². The number of amides is 1. The van der Waals surface area contributed by atoms with Gasteiger partial charge in [0, 0.05) is 11.3 Å². The number of halogens is 1. The average molecular weight is 359 g/mol. The zero-order valence-corrected chi connectivity index (χ0v) is 14.4. The maximum atomic E-state index is 11.5. The molecule has 0 aliphatic heterocycles. The number of hydrogen-bond acceptors (Lipinski definition) is 3. The number of carbonyl (C=O) groups is 1. The summed E-state index contributed by atoms with van der Waals surface area (Å²) in [6, 6.07) is 3.92. The molecule has 1 aromatic heterocycles. The van der Waals surface area contributed by atoms with Crippen molar-refractivity contribution in [3.05, 3.63) is 20.8 Å². The topological polar surface area (TPSA) is 41.5 Å². The second-order valence-electron chi connectivity index (χ2n) is 4.81. The molecule has 1 heterocycles. The van der Waals surface area contributed by atoms with Gasteiger partial charge in [-0.25, -0.2) is 5.43 Å². The number of nitrogens with zero attached hydrogens (tertiary/aromatic N) is 1. The second-order valence-corrected chi connectivity index (χ2v) is 7.30. The molecular weight excluding hydrogens is 336 g/mol. The van der Waals surface area contributed by atoms with Crippen molar-refractivity contribution in [1.29, 1.82) is 0 Å². The largest absolute Gasteiger partial charge is 0.273 e. The van der Waals surface area contributed by atoms with Crippen LogP contribution in [-0.4, -0.2) is 12.1 Å². The highest BCUT2D eigenvalue weighted by atomic mass is 79.9. The van der Waals surface area contributed by atoms with Crippen LogP contribution in [0.15, 0.2) is 21.0 Å². The standard InChI is InChI=1S/C15H23BrN2OS/c1-2-3-4-5-6-7-8-9-15(19)18-17-12-13-10-11-14(16)20-13/h10-12H,2-9H2,1H3,(H,18,19)/b17-12+. The lowest BCUT2D eigenvalue weighted by molar-refractivity contribution is -0.121. The van der Waals surface area contributed by atoms with E-state index in [4.69, 9.17) is 0 Å². The molecular formula is C15H23BrN2OS. The summed E-state index contributed by atoms with van der Waals surface area (Å²) in [5, 5.41) is 3.96. The van der Waals surface area contributed by atoms with Gasteiger partial charge in [-0.15, -0.1) is 11.3 Å². The Hall–Kier alpha value is -0.680. The van der Waals surface area contributed by atoms with E-state index in [0.717, 1.165) is 21.5 Å². The summed E-state index contributed by atoms with van der Waals surface area (Å²) < 4.78 is 1.06. The first-order chi connectivity index (χ1) is 9.72. The second kappa shape index (κ2) is 11.0. The lowest BCUT2D eigenvalue weighted by Crippen LogP contribution is -2.16. The van der Waals surface area contributed by atoms with Crippen molar-refractivity contribution < 1.29 is 4.79 Å². The Morgan fingerprint density at radius 1 is 1.25 bits per heavy atom. The van der Waals surface area contributed by atoms with Gasteiger partial charge in [0.25, 0.3) is 0 Å². The molecule has 1 rings (SSSR count). The molecule has 0 spiro atoms. The van der Waals surface area contributed by atoms with Crippen LogP contribution in [-0.2, 0) is 4.79 Å². The van der Waals surface area contributed by atoms with E-state index < -0.39 is 0 Å². The molecule has 0 aliphatic carbocycles. The van der Waals surface area contributed by atoms with Crippen LogP contribution in [0.5, 0.6) is 0 Å². The smallest absolute Gasteiger partial charge is 0.240 e. The number of thiophene rings is 1. The molecule has 0 aliphatic rings. The summed E-state index contributed by atoms with van der Waals surface area (Å²) in [4.78, 5) is 12.6. The van der Waals surface area contributed by atoms with E-state index in [-0.39, 0.29) is 5.91 Å². The fraction of sp³-hybridized carbons (Fsp3) is 0.600. The van der Waals surface area contributed by atoms with Crippen LogP contribution in [0.4, 0.5) is 0 Å². The highest BCUT2D eigenvalue weighted by Crippen LogP contribution is 2.20. The third kappa shape index (κ3) is 8.48. The van der Waals surface area contributed by atoms with Crippen molar-refractivity contribution in [3.63, 3.8) is 0 Å². The Morgan fingerprint density at radius 2 is 1.95 bits per heavy atom. The third-order valence-electron chi connectivity index (χ3n) is 2.98. The Morgan fingerprint density at radius 3 is 2.60 bits per heavy atom. The SMILES string of the molecule is CCCCCCCCCC(=O)N/N=C/c1ccc(Br)s1. The van der Waals surface area contributed by atoms with Gasteiger partial charge in [0.2, 0.25) is 5.91 Å². The quantitative estimate of drug-likeness (QED) is 0.352. The fourth-order valence-electron chi connectivity index (χ4n) is 1.86. The Kier molecular flexibility index (Phi) is 9.58. The van der Waals surface area contributed by atoms with Crippen LogP contribution in [0, 0.1) is 0 Å². The van der Waals surface area contributed by atoms with Crippen molar-refractivity contribution in [3.8, 4) is 0 Å². The highest BCUT2D eigenvalue weighted by Gasteiger charge is 1.99. The molecule has 3 nitrogen and oxygen atoms in total. The minimum atomic E-state index is 0.00503. The number of hydrogen-bond donors (Lipinski definition) is 1. The molecule has 0 saturated heterocycles. The summed E-state index contributed by atoms with van der Waals surface area (Å²) in [6.45, 7) is 2.22. The molecule has 0 bridgehead atoms. The van der Waals surface area contributed by atoms with Crippen LogP contribution >= 0.6 is 27.3 Å². The van der Waals surface area contributed by atoms with E-state index in [0.29, 0.717) is 6.42 Å². The number of hydrazone groups is 1. The van der Waals surface area contributed by atoms with E-state index in [1.807, 2.05) is 12.1 Å². The number of nitrogens with one attached hydrogen (secondary N) is 1. The molecule has 0 radical (unpaired) electrons. The maximum Gasteiger partial charge on any atom is 0.240 e. The third-order valence-corrected chi connectivity index (χ3v) is 4.54. The summed E-state index contributed by atoms with van der Waals surface area (Å²) >= 11 is 4.97. The van der Waals surface area contributed by atoms with Gasteiger partial charge in [-0.2, -0.15) is 5.10 Å². The zero-order valence-electron chi connectivity index (χ0n) is 12.0. The van der Waals surface area contributed by atoms with Crippen LogP contribution in [0.25, 0.3) is 0 Å². The minimum absolute atomic E-state index is 0.00503. The van der Waals surface area contributed by atoms with E-state index >= 15 is 0 Å². The zero-order chi connectivity index (χ0) is 14.6. The summed E-state index contributed by atoms with van der Waals surface area (Å²) in [6.07, 6.45) is 10.8. The van der Waals surface area contributed by atoms with Crippen molar-refractivity contribution in [2.24, 2.45) is 5.10 Å². The Bertz CT molecular complexity index is 418. The van der Waals surface area contributed by atoms with Crippen molar-refractivity contribution in [1.82, 2.24) is 5.43 Å². The monoisotopic (exact) mass is 358 g/mol. The summed E-state index contributed by atoms with van der Waals surface area (Å²) in [5.74, 6) is 0.00503. The molecule has 0 aromatic carbocycles. The van der Waals surface area contributed by atoms with Gasteiger partial charge in [0.15, 0.2) is 0 Å². The molecule has 1 amide bonds. The summed E-state index contributed by atoms with van der Waals surface area (Å²) in [7, 11) is 0. The summed E-state index contributed by atoms with van der Waals surface area (Å²) in [5.41, 5.74) is 2.57. The molecule has 1 aromatic rings. The van der Waals surface area contributed by atoms with Crippen LogP contribution in [0.3, 0.4) is 0 Å². The average Bonchev–Trinajstić information content (AvgIpc) is 2.83. The lowest BCUT2D eigenvalue weighted by atomic mass is 10.1. The first kappa shape index (κ1) is 17.4. The van der Waals surface area contributed by atoms with E-state index in [9.17, 15) is 4.79 Å². The van der Waals surface area contributed by atoms with Gasteiger partial charge >= 0.3 is 0 Å². The fourth-order valence-corrected chi connectivity index (χ4v) is 3.16. The van der Waals surface area contributed by atoms with E-state index in [2.05, 4.69) is 33.4 Å². The van der Waals surface area contributed by atoms with E-state index in [1.165, 1.54) is 32.1 Å². The van der Waals surface area contributed by atoms with Crippen molar-refractivity contribution in [2.75, 3.05) is 0 Å². The first-order valence-corrected chi connectivity index (χ1v) is 8.90. The van der Waals surface area contributed by atoms with Gasteiger partial charge in [0.05, 0.1) is 10.0 Å². The van der Waals surface area contributed by atoms with Crippen molar-refractivity contribution >= 4 is 39.4 Å². The van der Waals surface area contributed by atoms with Gasteiger partial charge in [-0.1, -0.05) is 45.4 Å². The van der Waals surface area contributed by atoms with Gasteiger partial charge < -0.3 is 0 Å². The van der Waals surface area contributed by atoms with Crippen LogP contribution < -0.4 is 5.43 Å². The molecule has 1 N–H and O–H groups in total. The molecule has 20 heavy (non-hydrogen) atoms. The molecule has 0 saturated carbocycles. The number of carbonyl (C=O) groups excluding carboxylic acids is 1. The Balaban J connectivity index is 2.01. The Labute approximate surface area is 134 Å². The van der Waals surface area contributed by atoms with E-state index in [1.54, 1.807) is 17.6 Å². The number of unbranched alkanes of at least 4 members (excludes halogenated alkanes) is 6. The normalized spacial score (nSPS) is 11.1. The minimum Gasteiger partial charge on any atom is -0.273 e. The lowest BCUT2D eigenvalue weighted by Gasteiger charge is -2.01.